The summed E-state index contributed by atoms with van der Waals surface area (Å²) in [5.74, 6) is 0. The molecule has 0 aromatic heterocycles. The SMILES string of the molecule is CCC1=C(C)S1. The van der Waals surface area contributed by atoms with Gasteiger partial charge in [0.1, 0.15) is 0 Å². The fourth-order valence-electron chi connectivity index (χ4n) is 0.480. The first-order valence-corrected chi connectivity index (χ1v) is 3.04. The fraction of sp³-hybridized carbons (Fsp3) is 0.600. The Morgan fingerprint density at radius 3 is 2.17 bits per heavy atom. The van der Waals surface area contributed by atoms with E-state index in [1.54, 1.807) is 4.91 Å². The predicted molar refractivity (Wildman–Crippen MR) is 30.6 cm³/mol. The van der Waals surface area contributed by atoms with Gasteiger partial charge in [0, 0.05) is 0 Å². The average Bonchev–Trinajstić information content (AvgIpc) is 2.19. The lowest BCUT2D eigenvalue weighted by Gasteiger charge is -1.65. The molecule has 0 aromatic carbocycles. The van der Waals surface area contributed by atoms with Crippen molar-refractivity contribution in [3.8, 4) is 0 Å². The lowest BCUT2D eigenvalue weighted by Crippen LogP contribution is -1.45. The van der Waals surface area contributed by atoms with Gasteiger partial charge in [0.15, 0.2) is 0 Å². The van der Waals surface area contributed by atoms with Gasteiger partial charge in [-0.05, 0) is 23.2 Å². The summed E-state index contributed by atoms with van der Waals surface area (Å²) in [5, 5.41) is 0. The Morgan fingerprint density at radius 2 is 2.17 bits per heavy atom. The van der Waals surface area contributed by atoms with E-state index in [0.717, 1.165) is 0 Å². The minimum Gasteiger partial charge on any atom is -0.0977 e. The second kappa shape index (κ2) is 1.30. The van der Waals surface area contributed by atoms with E-state index < -0.39 is 0 Å². The molecular weight excluding hydrogens is 92.1 g/mol. The van der Waals surface area contributed by atoms with Crippen molar-refractivity contribution in [1.29, 1.82) is 0 Å². The van der Waals surface area contributed by atoms with Gasteiger partial charge in [-0.3, -0.25) is 0 Å². The van der Waals surface area contributed by atoms with Crippen molar-refractivity contribution in [3.05, 3.63) is 9.81 Å². The van der Waals surface area contributed by atoms with Crippen molar-refractivity contribution in [2.24, 2.45) is 0 Å². The zero-order valence-corrected chi connectivity index (χ0v) is 4.93. The minimum absolute atomic E-state index is 1.25. The highest BCUT2D eigenvalue weighted by atomic mass is 32.2. The van der Waals surface area contributed by atoms with Crippen LogP contribution in [-0.4, -0.2) is 0 Å². The maximum atomic E-state index is 2.19. The molecule has 0 unspecified atom stereocenters. The third-order valence-corrected chi connectivity index (χ3v) is 2.14. The molecule has 1 aliphatic rings. The molecule has 0 N–H and O–H groups in total. The van der Waals surface area contributed by atoms with E-state index in [9.17, 15) is 0 Å². The second-order valence-corrected chi connectivity index (χ2v) is 2.74. The highest BCUT2D eigenvalue weighted by Crippen LogP contribution is 2.46. The number of rotatable bonds is 1. The molecule has 0 saturated carbocycles. The van der Waals surface area contributed by atoms with Crippen LogP contribution in [0.1, 0.15) is 20.3 Å². The zero-order chi connectivity index (χ0) is 4.57. The molecule has 0 bridgehead atoms. The summed E-state index contributed by atoms with van der Waals surface area (Å²) in [6, 6.07) is 0. The molecule has 6 heavy (non-hydrogen) atoms. The molecule has 0 aliphatic carbocycles. The Hall–Kier alpha value is 0.0900. The molecule has 0 spiro atoms. The van der Waals surface area contributed by atoms with E-state index in [4.69, 9.17) is 0 Å². The summed E-state index contributed by atoms with van der Waals surface area (Å²) in [6.45, 7) is 4.36. The molecular formula is C5H8S. The van der Waals surface area contributed by atoms with Crippen LogP contribution in [0, 0.1) is 0 Å². The predicted octanol–water partition coefficient (Wildman–Crippen LogP) is 2.37. The fourth-order valence-corrected chi connectivity index (χ4v) is 1.09. The van der Waals surface area contributed by atoms with Crippen LogP contribution in [0.5, 0.6) is 0 Å². The van der Waals surface area contributed by atoms with Gasteiger partial charge < -0.3 is 0 Å². The number of hydrogen-bond donors (Lipinski definition) is 0. The Labute approximate surface area is 42.6 Å². The van der Waals surface area contributed by atoms with Crippen molar-refractivity contribution < 1.29 is 0 Å². The van der Waals surface area contributed by atoms with Crippen LogP contribution in [0.15, 0.2) is 9.81 Å². The summed E-state index contributed by atoms with van der Waals surface area (Å²) in [5.41, 5.74) is 0. The van der Waals surface area contributed by atoms with E-state index in [-0.39, 0.29) is 0 Å². The van der Waals surface area contributed by atoms with Gasteiger partial charge in [0.2, 0.25) is 0 Å². The van der Waals surface area contributed by atoms with Gasteiger partial charge in [0.25, 0.3) is 0 Å². The highest BCUT2D eigenvalue weighted by molar-refractivity contribution is 8.13. The maximum absolute atomic E-state index is 2.19. The van der Waals surface area contributed by atoms with Gasteiger partial charge in [-0.1, -0.05) is 18.7 Å². The minimum atomic E-state index is 1.25. The first kappa shape index (κ1) is 4.25. The van der Waals surface area contributed by atoms with Crippen LogP contribution in [-0.2, 0) is 0 Å². The van der Waals surface area contributed by atoms with E-state index in [0.29, 0.717) is 0 Å². The topological polar surface area (TPSA) is 0 Å². The van der Waals surface area contributed by atoms with Crippen molar-refractivity contribution in [2.45, 2.75) is 20.3 Å². The summed E-state index contributed by atoms with van der Waals surface area (Å²) in [4.78, 5) is 3.13. The van der Waals surface area contributed by atoms with Crippen molar-refractivity contribution in [1.82, 2.24) is 0 Å². The summed E-state index contributed by atoms with van der Waals surface area (Å²) in [6.07, 6.45) is 1.25. The Morgan fingerprint density at radius 1 is 1.67 bits per heavy atom. The van der Waals surface area contributed by atoms with Crippen molar-refractivity contribution >= 4 is 11.8 Å². The first-order chi connectivity index (χ1) is 2.84. The van der Waals surface area contributed by atoms with Gasteiger partial charge in [-0.15, -0.1) is 0 Å². The lowest BCUT2D eigenvalue weighted by atomic mass is 10.4. The first-order valence-electron chi connectivity index (χ1n) is 2.22. The average molecular weight is 100 g/mol. The van der Waals surface area contributed by atoms with Crippen LogP contribution < -0.4 is 0 Å². The second-order valence-electron chi connectivity index (χ2n) is 1.43. The molecule has 0 fully saturated rings. The van der Waals surface area contributed by atoms with Crippen LogP contribution in [0.25, 0.3) is 0 Å². The van der Waals surface area contributed by atoms with E-state index in [2.05, 4.69) is 13.8 Å². The standard InChI is InChI=1S/C5H8S/c1-3-5-4(2)6-5/h3H2,1-2H3. The van der Waals surface area contributed by atoms with Crippen LogP contribution in [0.4, 0.5) is 0 Å². The molecule has 1 heterocycles. The molecule has 1 aliphatic heterocycles. The van der Waals surface area contributed by atoms with Crippen LogP contribution >= 0.6 is 11.8 Å². The van der Waals surface area contributed by atoms with Crippen molar-refractivity contribution in [3.63, 3.8) is 0 Å². The molecule has 0 amide bonds. The molecule has 34 valence electrons. The Kier molecular flexibility index (Phi) is 0.922. The number of thioether (sulfide) groups is 1. The highest BCUT2D eigenvalue weighted by Gasteiger charge is 2.13. The van der Waals surface area contributed by atoms with E-state index >= 15 is 0 Å². The third-order valence-electron chi connectivity index (χ3n) is 0.948. The normalized spacial score (nSPS) is 19.0. The van der Waals surface area contributed by atoms with E-state index in [1.165, 1.54) is 11.3 Å². The lowest BCUT2D eigenvalue weighted by molar-refractivity contribution is 1.21. The summed E-state index contributed by atoms with van der Waals surface area (Å²) in [7, 11) is 0. The quantitative estimate of drug-likeness (QED) is 0.487. The monoisotopic (exact) mass is 100 g/mol. The third kappa shape index (κ3) is 0.597. The van der Waals surface area contributed by atoms with Gasteiger partial charge >= 0.3 is 0 Å². The molecule has 1 rings (SSSR count). The zero-order valence-electron chi connectivity index (χ0n) is 4.12. The Balaban J connectivity index is 2.38. The van der Waals surface area contributed by atoms with Crippen LogP contribution in [0.3, 0.4) is 0 Å². The van der Waals surface area contributed by atoms with Crippen LogP contribution in [0.2, 0.25) is 0 Å². The van der Waals surface area contributed by atoms with Crippen molar-refractivity contribution in [2.75, 3.05) is 0 Å². The Bertz CT molecular complexity index is 92.1. The molecule has 0 atom stereocenters. The largest absolute Gasteiger partial charge is 0.0977 e. The molecule has 1 heteroatoms. The number of allylic oxidation sites excluding steroid dienone is 2. The van der Waals surface area contributed by atoms with Gasteiger partial charge in [-0.2, -0.15) is 0 Å². The van der Waals surface area contributed by atoms with Gasteiger partial charge in [0.05, 0.1) is 0 Å². The number of hydrogen-bond acceptors (Lipinski definition) is 1. The molecule has 0 saturated heterocycles. The summed E-state index contributed by atoms with van der Waals surface area (Å²) < 4.78 is 0. The van der Waals surface area contributed by atoms with Gasteiger partial charge in [-0.25, -0.2) is 0 Å². The summed E-state index contributed by atoms with van der Waals surface area (Å²) >= 11 is 1.92. The van der Waals surface area contributed by atoms with E-state index in [1.807, 2.05) is 11.8 Å². The molecule has 0 aromatic rings. The molecule has 0 radical (unpaired) electrons. The maximum Gasteiger partial charge on any atom is -0.00125 e. The molecule has 0 nitrogen and oxygen atoms in total. The smallest absolute Gasteiger partial charge is 0.00125 e.